The molecule has 1 aliphatic carbocycles. The van der Waals surface area contributed by atoms with E-state index >= 15 is 0 Å². The summed E-state index contributed by atoms with van der Waals surface area (Å²) in [4.78, 5) is 12.0. The second kappa shape index (κ2) is 3.56. The lowest BCUT2D eigenvalue weighted by atomic mass is 9.87. The van der Waals surface area contributed by atoms with Gasteiger partial charge in [0.1, 0.15) is 5.82 Å². The Bertz CT molecular complexity index is 479. The number of esters is 1. The largest absolute Gasteiger partial charge is 0.468 e. The molecule has 0 saturated heterocycles. The molecule has 0 aromatic heterocycles. The number of rotatable bonds is 2. The van der Waals surface area contributed by atoms with Crippen LogP contribution in [0, 0.1) is 18.2 Å². The number of halogens is 1. The van der Waals surface area contributed by atoms with Crippen LogP contribution in [0.1, 0.15) is 31.4 Å². The quantitative estimate of drug-likeness (QED) is 0.738. The number of benzene rings is 1. The van der Waals surface area contributed by atoms with E-state index in [-0.39, 0.29) is 17.2 Å². The molecule has 1 aliphatic rings. The van der Waals surface area contributed by atoms with Gasteiger partial charge in [-0.05, 0) is 36.0 Å². The third-order valence-electron chi connectivity index (χ3n) is 3.92. The van der Waals surface area contributed by atoms with Gasteiger partial charge in [-0.2, -0.15) is 0 Å². The van der Waals surface area contributed by atoms with Crippen LogP contribution in [0.3, 0.4) is 0 Å². The summed E-state index contributed by atoms with van der Waals surface area (Å²) in [5, 5.41) is 0. The summed E-state index contributed by atoms with van der Waals surface area (Å²) in [5.74, 6) is -0.472. The fourth-order valence-corrected chi connectivity index (χ4v) is 2.66. The molecular weight excluding hydrogens is 219 g/mol. The Morgan fingerprint density at radius 2 is 2.00 bits per heavy atom. The van der Waals surface area contributed by atoms with Gasteiger partial charge in [0, 0.05) is 0 Å². The summed E-state index contributed by atoms with van der Waals surface area (Å²) in [5.41, 5.74) is 0.701. The fraction of sp³-hybridized carbons (Fsp3) is 0.500. The molecule has 0 bridgehead atoms. The zero-order chi connectivity index (χ0) is 12.8. The molecule has 1 saturated carbocycles. The molecule has 0 amide bonds. The first kappa shape index (κ1) is 12.1. The molecule has 1 atom stereocenters. The highest BCUT2D eigenvalue weighted by Crippen LogP contribution is 2.64. The van der Waals surface area contributed by atoms with Gasteiger partial charge in [-0.3, -0.25) is 4.79 Å². The van der Waals surface area contributed by atoms with Crippen LogP contribution in [0.25, 0.3) is 0 Å². The van der Waals surface area contributed by atoms with E-state index < -0.39 is 5.41 Å². The number of aryl methyl sites for hydroxylation is 1. The van der Waals surface area contributed by atoms with Gasteiger partial charge in [0.05, 0.1) is 12.5 Å². The van der Waals surface area contributed by atoms with E-state index in [4.69, 9.17) is 4.74 Å². The maximum absolute atomic E-state index is 13.3. The minimum absolute atomic E-state index is 0.121. The van der Waals surface area contributed by atoms with Crippen molar-refractivity contribution in [1.82, 2.24) is 0 Å². The molecular formula is C14H17FO2. The van der Waals surface area contributed by atoms with E-state index in [1.54, 1.807) is 19.1 Å². The number of hydrogen-bond acceptors (Lipinski definition) is 2. The molecule has 0 N–H and O–H groups in total. The van der Waals surface area contributed by atoms with Gasteiger partial charge >= 0.3 is 5.97 Å². The Morgan fingerprint density at radius 3 is 2.41 bits per heavy atom. The Hall–Kier alpha value is -1.38. The van der Waals surface area contributed by atoms with Gasteiger partial charge in [0.25, 0.3) is 0 Å². The van der Waals surface area contributed by atoms with Crippen LogP contribution in [0.5, 0.6) is 0 Å². The van der Waals surface area contributed by atoms with E-state index in [2.05, 4.69) is 0 Å². The van der Waals surface area contributed by atoms with Crippen LogP contribution in [0.15, 0.2) is 18.2 Å². The zero-order valence-electron chi connectivity index (χ0n) is 10.6. The first-order valence-corrected chi connectivity index (χ1v) is 5.70. The smallest absolute Gasteiger partial charge is 0.316 e. The molecule has 0 spiro atoms. The first-order chi connectivity index (χ1) is 7.85. The van der Waals surface area contributed by atoms with E-state index in [1.807, 2.05) is 13.8 Å². The molecule has 1 unspecified atom stereocenters. The Kier molecular flexibility index (Phi) is 2.53. The lowest BCUT2D eigenvalue weighted by Crippen LogP contribution is -2.27. The molecule has 17 heavy (non-hydrogen) atoms. The minimum atomic E-state index is -0.597. The number of methoxy groups -OCH3 is 1. The third-order valence-corrected chi connectivity index (χ3v) is 3.92. The summed E-state index contributed by atoms with van der Waals surface area (Å²) in [7, 11) is 1.40. The molecule has 0 heterocycles. The van der Waals surface area contributed by atoms with Gasteiger partial charge in [0.15, 0.2) is 0 Å². The average molecular weight is 236 g/mol. The van der Waals surface area contributed by atoms with E-state index in [0.717, 1.165) is 12.0 Å². The fourth-order valence-electron chi connectivity index (χ4n) is 2.66. The van der Waals surface area contributed by atoms with Crippen molar-refractivity contribution in [2.24, 2.45) is 5.41 Å². The van der Waals surface area contributed by atoms with E-state index in [9.17, 15) is 9.18 Å². The molecule has 0 aliphatic heterocycles. The van der Waals surface area contributed by atoms with Crippen molar-refractivity contribution in [3.63, 3.8) is 0 Å². The van der Waals surface area contributed by atoms with Crippen LogP contribution in [-0.4, -0.2) is 13.1 Å². The van der Waals surface area contributed by atoms with Gasteiger partial charge in [-0.1, -0.05) is 26.0 Å². The Labute approximate surface area is 101 Å². The molecule has 2 nitrogen and oxygen atoms in total. The lowest BCUT2D eigenvalue weighted by Gasteiger charge is -2.19. The predicted molar refractivity (Wildman–Crippen MR) is 63.2 cm³/mol. The number of carbonyl (C=O) groups is 1. The van der Waals surface area contributed by atoms with Crippen LogP contribution in [-0.2, 0) is 14.9 Å². The van der Waals surface area contributed by atoms with Crippen molar-refractivity contribution in [2.75, 3.05) is 7.11 Å². The summed E-state index contributed by atoms with van der Waals surface area (Å²) in [6.07, 6.45) is 0.748. The van der Waals surface area contributed by atoms with Crippen LogP contribution in [0.4, 0.5) is 4.39 Å². The average Bonchev–Trinajstić information content (AvgIpc) is 2.86. The normalized spacial score (nSPS) is 25.5. The second-order valence-electron chi connectivity index (χ2n) is 5.42. The highest BCUT2D eigenvalue weighted by atomic mass is 19.1. The van der Waals surface area contributed by atoms with Crippen LogP contribution in [0.2, 0.25) is 0 Å². The maximum Gasteiger partial charge on any atom is 0.316 e. The SMILES string of the molecule is COC(=O)C1(c2ccc(F)c(C)c2)CC1(C)C. The van der Waals surface area contributed by atoms with Crippen molar-refractivity contribution in [1.29, 1.82) is 0 Å². The number of carbonyl (C=O) groups excluding carboxylic acids is 1. The molecule has 1 fully saturated rings. The number of ether oxygens (including phenoxy) is 1. The summed E-state index contributed by atoms with van der Waals surface area (Å²) in [6, 6.07) is 4.86. The molecule has 2 rings (SSSR count). The summed E-state index contributed by atoms with van der Waals surface area (Å²) < 4.78 is 18.2. The van der Waals surface area contributed by atoms with Crippen molar-refractivity contribution in [3.05, 3.63) is 35.1 Å². The highest BCUT2D eigenvalue weighted by Gasteiger charge is 2.68. The molecule has 0 radical (unpaired) electrons. The second-order valence-corrected chi connectivity index (χ2v) is 5.42. The Balaban J connectivity index is 2.50. The van der Waals surface area contributed by atoms with Gasteiger partial charge in [-0.25, -0.2) is 4.39 Å². The molecule has 92 valence electrons. The highest BCUT2D eigenvalue weighted by molar-refractivity contribution is 5.88. The molecule has 1 aromatic rings. The van der Waals surface area contributed by atoms with Gasteiger partial charge in [0.2, 0.25) is 0 Å². The molecule has 1 aromatic carbocycles. The van der Waals surface area contributed by atoms with Crippen LogP contribution >= 0.6 is 0 Å². The minimum Gasteiger partial charge on any atom is -0.468 e. The third kappa shape index (κ3) is 1.56. The van der Waals surface area contributed by atoms with Gasteiger partial charge < -0.3 is 4.74 Å². The van der Waals surface area contributed by atoms with Crippen molar-refractivity contribution >= 4 is 5.97 Å². The predicted octanol–water partition coefficient (Wildman–Crippen LogP) is 2.97. The first-order valence-electron chi connectivity index (χ1n) is 5.70. The number of hydrogen-bond donors (Lipinski definition) is 0. The van der Waals surface area contributed by atoms with Crippen molar-refractivity contribution in [2.45, 2.75) is 32.6 Å². The van der Waals surface area contributed by atoms with Crippen molar-refractivity contribution < 1.29 is 13.9 Å². The Morgan fingerprint density at radius 1 is 1.41 bits per heavy atom. The summed E-state index contributed by atoms with van der Waals surface area (Å²) in [6.45, 7) is 5.77. The van der Waals surface area contributed by atoms with E-state index in [1.165, 1.54) is 13.2 Å². The summed E-state index contributed by atoms with van der Waals surface area (Å²) >= 11 is 0. The van der Waals surface area contributed by atoms with Crippen molar-refractivity contribution in [3.8, 4) is 0 Å². The van der Waals surface area contributed by atoms with Crippen LogP contribution < -0.4 is 0 Å². The monoisotopic (exact) mass is 236 g/mol. The standard InChI is InChI=1S/C14H17FO2/c1-9-7-10(5-6-11(9)15)14(12(16)17-4)8-13(14,2)3/h5-7H,8H2,1-4H3. The maximum atomic E-state index is 13.3. The topological polar surface area (TPSA) is 26.3 Å². The van der Waals surface area contributed by atoms with E-state index in [0.29, 0.717) is 5.56 Å². The molecule has 3 heteroatoms. The van der Waals surface area contributed by atoms with Gasteiger partial charge in [-0.15, -0.1) is 0 Å². The zero-order valence-corrected chi connectivity index (χ0v) is 10.6. The lowest BCUT2D eigenvalue weighted by molar-refractivity contribution is -0.144.